The second kappa shape index (κ2) is 14.1. The lowest BCUT2D eigenvalue weighted by atomic mass is 10.2. The number of amides is 1. The number of anilines is 3. The quantitative estimate of drug-likeness (QED) is 0.196. The maximum atomic E-state index is 13.3. The van der Waals surface area contributed by atoms with E-state index in [-0.39, 0.29) is 18.0 Å². The Morgan fingerprint density at radius 2 is 1.73 bits per heavy atom. The molecule has 0 radical (unpaired) electrons. The number of aryl methyl sites for hydroxylation is 1. The molecule has 5 aromatic rings. The number of halogens is 1. The molecule has 12 heteroatoms. The molecular formula is C32H33ClN8O3. The van der Waals surface area contributed by atoms with Crippen molar-refractivity contribution in [2.45, 2.75) is 27.2 Å². The van der Waals surface area contributed by atoms with Crippen LogP contribution in [0, 0.1) is 6.92 Å². The zero-order valence-electron chi connectivity index (χ0n) is 24.7. The van der Waals surface area contributed by atoms with Crippen LogP contribution in [0.3, 0.4) is 0 Å². The Kier molecular flexibility index (Phi) is 9.78. The molecule has 0 spiro atoms. The van der Waals surface area contributed by atoms with Crippen molar-refractivity contribution in [2.75, 3.05) is 36.9 Å². The SMILES string of the molecule is CCN(CC)CCOc1ccc(Nc2ncc3c(C)n(-c4cc(NC(=O)Cc5ccncc5)ccc4Cl)c(=O)nc3n2)cc1. The molecular weight excluding hydrogens is 580 g/mol. The summed E-state index contributed by atoms with van der Waals surface area (Å²) in [5.41, 5.74) is 2.71. The lowest BCUT2D eigenvalue weighted by molar-refractivity contribution is -0.115. The predicted octanol–water partition coefficient (Wildman–Crippen LogP) is 5.18. The molecule has 11 nitrogen and oxygen atoms in total. The van der Waals surface area contributed by atoms with Crippen molar-refractivity contribution in [2.24, 2.45) is 0 Å². The third-order valence-corrected chi connectivity index (χ3v) is 7.47. The van der Waals surface area contributed by atoms with E-state index >= 15 is 0 Å². The number of rotatable bonds is 12. The van der Waals surface area contributed by atoms with E-state index < -0.39 is 5.69 Å². The fourth-order valence-corrected chi connectivity index (χ4v) is 4.91. The molecule has 0 aliphatic carbocycles. The highest BCUT2D eigenvalue weighted by Crippen LogP contribution is 2.27. The maximum absolute atomic E-state index is 13.3. The number of aromatic nitrogens is 5. The highest BCUT2D eigenvalue weighted by molar-refractivity contribution is 6.32. The van der Waals surface area contributed by atoms with Crippen LogP contribution < -0.4 is 21.1 Å². The minimum atomic E-state index is -0.562. The normalized spacial score (nSPS) is 11.1. The van der Waals surface area contributed by atoms with Crippen LogP contribution in [0.2, 0.25) is 5.02 Å². The Morgan fingerprint density at radius 3 is 2.45 bits per heavy atom. The number of ether oxygens (including phenoxy) is 1. The van der Waals surface area contributed by atoms with Crippen molar-refractivity contribution in [1.82, 2.24) is 29.4 Å². The zero-order valence-corrected chi connectivity index (χ0v) is 25.5. The van der Waals surface area contributed by atoms with Crippen LogP contribution >= 0.6 is 11.6 Å². The summed E-state index contributed by atoms with van der Waals surface area (Å²) < 4.78 is 7.24. The van der Waals surface area contributed by atoms with Crippen LogP contribution in [0.15, 0.2) is 78.0 Å². The van der Waals surface area contributed by atoms with Gasteiger partial charge in [0.25, 0.3) is 0 Å². The molecule has 44 heavy (non-hydrogen) atoms. The van der Waals surface area contributed by atoms with E-state index in [9.17, 15) is 9.59 Å². The van der Waals surface area contributed by atoms with Crippen molar-refractivity contribution in [3.8, 4) is 11.4 Å². The first-order valence-corrected chi connectivity index (χ1v) is 14.7. The topological polar surface area (TPSA) is 127 Å². The number of likely N-dealkylation sites (N-methyl/N-ethyl adjacent to an activating group) is 1. The Balaban J connectivity index is 1.32. The highest BCUT2D eigenvalue weighted by Gasteiger charge is 2.16. The molecule has 0 fully saturated rings. The molecule has 0 atom stereocenters. The van der Waals surface area contributed by atoms with Gasteiger partial charge in [0.05, 0.1) is 22.5 Å². The number of carbonyl (C=O) groups is 1. The van der Waals surface area contributed by atoms with Gasteiger partial charge in [-0.25, -0.2) is 9.78 Å². The van der Waals surface area contributed by atoms with Crippen LogP contribution in [0.25, 0.3) is 16.7 Å². The number of pyridine rings is 1. The Labute approximate surface area is 259 Å². The maximum Gasteiger partial charge on any atom is 0.354 e. The van der Waals surface area contributed by atoms with Crippen LogP contribution in [0.4, 0.5) is 17.3 Å². The second-order valence-corrected chi connectivity index (χ2v) is 10.4. The summed E-state index contributed by atoms with van der Waals surface area (Å²) in [6.07, 6.45) is 5.06. The second-order valence-electron chi connectivity index (χ2n) is 10.0. The third kappa shape index (κ3) is 7.36. The molecule has 0 unspecified atom stereocenters. The van der Waals surface area contributed by atoms with Crippen molar-refractivity contribution in [3.05, 3.63) is 100.0 Å². The largest absolute Gasteiger partial charge is 0.492 e. The predicted molar refractivity (Wildman–Crippen MR) is 172 cm³/mol. The van der Waals surface area contributed by atoms with Crippen LogP contribution in [-0.2, 0) is 11.2 Å². The average molecular weight is 613 g/mol. The number of hydrogen-bond donors (Lipinski definition) is 2. The number of nitrogens with zero attached hydrogens (tertiary/aromatic N) is 6. The number of nitrogens with one attached hydrogen (secondary N) is 2. The minimum absolute atomic E-state index is 0.180. The van der Waals surface area contributed by atoms with E-state index in [1.54, 1.807) is 55.8 Å². The first-order chi connectivity index (χ1) is 21.3. The van der Waals surface area contributed by atoms with E-state index in [1.807, 2.05) is 24.3 Å². The van der Waals surface area contributed by atoms with Gasteiger partial charge in [0, 0.05) is 42.2 Å². The number of fused-ring (bicyclic) bond motifs is 1. The van der Waals surface area contributed by atoms with Gasteiger partial charge in [-0.1, -0.05) is 25.4 Å². The molecule has 0 bridgehead atoms. The summed E-state index contributed by atoms with van der Waals surface area (Å²) in [4.78, 5) is 45.3. The average Bonchev–Trinajstić information content (AvgIpc) is 3.02. The summed E-state index contributed by atoms with van der Waals surface area (Å²) in [6.45, 7) is 9.50. The summed E-state index contributed by atoms with van der Waals surface area (Å²) in [5, 5.41) is 6.92. The van der Waals surface area contributed by atoms with Gasteiger partial charge >= 0.3 is 5.69 Å². The molecule has 2 aromatic carbocycles. The molecule has 1 amide bonds. The fraction of sp³-hybridized carbons (Fsp3) is 0.250. The molecule has 3 aromatic heterocycles. The van der Waals surface area contributed by atoms with Gasteiger partial charge in [-0.05, 0) is 80.2 Å². The van der Waals surface area contributed by atoms with Crippen LogP contribution in [0.1, 0.15) is 25.1 Å². The van der Waals surface area contributed by atoms with Gasteiger partial charge in [0.1, 0.15) is 12.4 Å². The molecule has 0 aliphatic heterocycles. The fourth-order valence-electron chi connectivity index (χ4n) is 4.71. The van der Waals surface area contributed by atoms with E-state index in [0.29, 0.717) is 40.0 Å². The van der Waals surface area contributed by atoms with Gasteiger partial charge in [0.15, 0.2) is 5.65 Å². The van der Waals surface area contributed by atoms with Crippen molar-refractivity contribution in [1.29, 1.82) is 0 Å². The minimum Gasteiger partial charge on any atom is -0.492 e. The highest BCUT2D eigenvalue weighted by atomic mass is 35.5. The number of hydrogen-bond acceptors (Lipinski definition) is 9. The molecule has 5 rings (SSSR count). The first-order valence-electron chi connectivity index (χ1n) is 14.3. The van der Waals surface area contributed by atoms with Gasteiger partial charge in [-0.3, -0.25) is 14.3 Å². The lowest BCUT2D eigenvalue weighted by Crippen LogP contribution is -2.27. The summed E-state index contributed by atoms with van der Waals surface area (Å²) >= 11 is 6.51. The van der Waals surface area contributed by atoms with E-state index in [2.05, 4.69) is 49.3 Å². The summed E-state index contributed by atoms with van der Waals surface area (Å²) in [7, 11) is 0. The van der Waals surface area contributed by atoms with Crippen LogP contribution in [0.5, 0.6) is 5.75 Å². The van der Waals surface area contributed by atoms with Crippen molar-refractivity contribution >= 4 is 45.9 Å². The van der Waals surface area contributed by atoms with Gasteiger partial charge in [-0.15, -0.1) is 0 Å². The van der Waals surface area contributed by atoms with E-state index in [0.717, 1.165) is 36.6 Å². The van der Waals surface area contributed by atoms with Crippen molar-refractivity contribution in [3.63, 3.8) is 0 Å². The molecule has 0 aliphatic rings. The van der Waals surface area contributed by atoms with Gasteiger partial charge in [-0.2, -0.15) is 9.97 Å². The Hall–Kier alpha value is -4.87. The zero-order chi connectivity index (χ0) is 31.1. The van der Waals surface area contributed by atoms with Gasteiger partial charge < -0.3 is 20.3 Å². The Morgan fingerprint density at radius 1 is 1.00 bits per heavy atom. The molecule has 226 valence electrons. The first kappa shape index (κ1) is 30.6. The third-order valence-electron chi connectivity index (χ3n) is 7.15. The smallest absolute Gasteiger partial charge is 0.354 e. The number of carbonyl (C=O) groups excluding carboxylic acids is 1. The molecule has 2 N–H and O–H groups in total. The Bertz CT molecular complexity index is 1810. The van der Waals surface area contributed by atoms with Gasteiger partial charge in [0.2, 0.25) is 11.9 Å². The van der Waals surface area contributed by atoms with E-state index in [1.165, 1.54) is 4.57 Å². The monoisotopic (exact) mass is 612 g/mol. The van der Waals surface area contributed by atoms with Crippen molar-refractivity contribution < 1.29 is 9.53 Å². The van der Waals surface area contributed by atoms with E-state index in [4.69, 9.17) is 16.3 Å². The lowest BCUT2D eigenvalue weighted by Gasteiger charge is -2.18. The standard InChI is InChI=1S/C32H33ClN8O3/c1-4-40(5-2)16-17-44-25-9-6-23(7-10-25)37-31-35-20-26-21(3)41(32(43)39-30(26)38-31)28-19-24(8-11-27(28)33)36-29(42)18-22-12-14-34-15-13-22/h6-15,19-20H,4-5,16-18H2,1-3H3,(H,36,42)(H,37,38,39,43). The number of benzene rings is 2. The molecule has 3 heterocycles. The summed E-state index contributed by atoms with van der Waals surface area (Å²) in [5.74, 6) is 0.862. The van der Waals surface area contributed by atoms with Crippen LogP contribution in [-0.4, -0.2) is 61.6 Å². The molecule has 0 saturated carbocycles. The summed E-state index contributed by atoms with van der Waals surface area (Å²) in [6, 6.07) is 16.0. The molecule has 0 saturated heterocycles.